The molecule has 0 radical (unpaired) electrons. The Kier molecular flexibility index (Phi) is 6.30. The van der Waals surface area contributed by atoms with E-state index in [2.05, 4.69) is 38.4 Å². The number of carbonyl (C=O) groups is 2. The van der Waals surface area contributed by atoms with Crippen molar-refractivity contribution in [3.8, 4) is 0 Å². The Morgan fingerprint density at radius 1 is 1.17 bits per heavy atom. The number of allylic oxidation sites excluding steroid dienone is 1. The fraction of sp³-hybridized carbons (Fsp3) is 0.333. The van der Waals surface area contributed by atoms with Crippen molar-refractivity contribution in [3.63, 3.8) is 0 Å². The van der Waals surface area contributed by atoms with E-state index in [0.717, 1.165) is 25.6 Å². The van der Waals surface area contributed by atoms with E-state index in [1.165, 1.54) is 4.90 Å². The minimum absolute atomic E-state index is 0.298. The minimum atomic E-state index is -1.00. The highest BCUT2D eigenvalue weighted by molar-refractivity contribution is 9.11. The Bertz CT molecular complexity index is 1030. The highest BCUT2D eigenvalue weighted by Gasteiger charge is 2.55. The quantitative estimate of drug-likeness (QED) is 0.423. The third kappa shape index (κ3) is 4.12. The maximum atomic E-state index is 14.1. The summed E-state index contributed by atoms with van der Waals surface area (Å²) >= 11 is 6.92. The van der Waals surface area contributed by atoms with Crippen molar-refractivity contribution in [3.05, 3.63) is 74.7 Å². The summed E-state index contributed by atoms with van der Waals surface area (Å²) in [6, 6.07) is 13.5. The monoisotopic (exact) mass is 533 g/mol. The molecule has 0 saturated carbocycles. The third-order valence-electron chi connectivity index (χ3n) is 5.18. The molecule has 1 aliphatic rings. The van der Waals surface area contributed by atoms with Crippen molar-refractivity contribution in [2.75, 3.05) is 4.90 Å². The van der Waals surface area contributed by atoms with Crippen molar-refractivity contribution in [1.29, 1.82) is 0 Å². The van der Waals surface area contributed by atoms with Crippen LogP contribution in [-0.2, 0) is 14.9 Å². The number of aryl methyl sites for hydroxylation is 1. The molecule has 1 aliphatic heterocycles. The molecule has 0 bridgehead atoms. The molecule has 3 rings (SSSR count). The normalized spacial score (nSPS) is 18.3. The van der Waals surface area contributed by atoms with Crippen molar-refractivity contribution in [2.45, 2.75) is 51.6 Å². The van der Waals surface area contributed by atoms with Gasteiger partial charge in [-0.25, -0.2) is 9.69 Å². The van der Waals surface area contributed by atoms with Gasteiger partial charge in [0.2, 0.25) is 0 Å². The first-order chi connectivity index (χ1) is 14.0. The van der Waals surface area contributed by atoms with Gasteiger partial charge in [-0.3, -0.25) is 4.79 Å². The Morgan fingerprint density at radius 3 is 2.43 bits per heavy atom. The smallest absolute Gasteiger partial charge is 0.421 e. The van der Waals surface area contributed by atoms with Gasteiger partial charge in [0.05, 0.1) is 5.69 Å². The summed E-state index contributed by atoms with van der Waals surface area (Å²) < 4.78 is 7.19. The number of hydrogen-bond donors (Lipinski definition) is 0. The molecule has 158 valence electrons. The van der Waals surface area contributed by atoms with Crippen LogP contribution in [0.4, 0.5) is 10.5 Å². The summed E-state index contributed by atoms with van der Waals surface area (Å²) in [5.74, 6) is -0.298. The van der Waals surface area contributed by atoms with Crippen molar-refractivity contribution < 1.29 is 14.3 Å². The number of benzene rings is 2. The van der Waals surface area contributed by atoms with E-state index in [1.54, 1.807) is 26.8 Å². The van der Waals surface area contributed by atoms with E-state index in [4.69, 9.17) is 4.74 Å². The van der Waals surface area contributed by atoms with Gasteiger partial charge in [-0.2, -0.15) is 0 Å². The summed E-state index contributed by atoms with van der Waals surface area (Å²) in [6.07, 6.45) is 0.395. The molecule has 0 spiro atoms. The number of hydrogen-bond acceptors (Lipinski definition) is 3. The summed E-state index contributed by atoms with van der Waals surface area (Å²) in [5.41, 5.74) is 1.50. The highest BCUT2D eigenvalue weighted by atomic mass is 79.9. The van der Waals surface area contributed by atoms with Crippen LogP contribution in [0.3, 0.4) is 0 Å². The van der Waals surface area contributed by atoms with Crippen LogP contribution in [0.2, 0.25) is 0 Å². The minimum Gasteiger partial charge on any atom is -0.443 e. The Hall–Kier alpha value is -1.92. The first-order valence-electron chi connectivity index (χ1n) is 9.74. The van der Waals surface area contributed by atoms with Crippen molar-refractivity contribution in [1.82, 2.24) is 0 Å². The number of imide groups is 1. The number of halogens is 2. The second-order valence-electron chi connectivity index (χ2n) is 8.52. The maximum Gasteiger partial charge on any atom is 0.421 e. The molecule has 1 atom stereocenters. The van der Waals surface area contributed by atoms with Crippen LogP contribution in [-0.4, -0.2) is 17.6 Å². The summed E-state index contributed by atoms with van der Waals surface area (Å²) in [6.45, 7) is 11.3. The molecule has 2 aromatic rings. The molecule has 1 unspecified atom stereocenters. The lowest BCUT2D eigenvalue weighted by Gasteiger charge is -2.31. The molecular weight excluding hydrogens is 510 g/mol. The highest BCUT2D eigenvalue weighted by Crippen LogP contribution is 2.51. The molecule has 6 heteroatoms. The van der Waals surface area contributed by atoms with E-state index in [0.29, 0.717) is 18.5 Å². The lowest BCUT2D eigenvalue weighted by atomic mass is 9.70. The number of ether oxygens (including phenoxy) is 1. The Labute approximate surface area is 194 Å². The zero-order valence-electron chi connectivity index (χ0n) is 17.6. The number of anilines is 1. The fourth-order valence-electron chi connectivity index (χ4n) is 3.97. The number of rotatable bonds is 4. The summed E-state index contributed by atoms with van der Waals surface area (Å²) in [7, 11) is 0. The Balaban J connectivity index is 2.27. The van der Waals surface area contributed by atoms with Gasteiger partial charge in [0.1, 0.15) is 11.0 Å². The molecule has 2 aromatic carbocycles. The average Bonchev–Trinajstić information content (AvgIpc) is 2.87. The van der Waals surface area contributed by atoms with Crippen LogP contribution in [0, 0.1) is 6.92 Å². The van der Waals surface area contributed by atoms with Crippen LogP contribution in [0.15, 0.2) is 58.0 Å². The predicted octanol–water partition coefficient (Wildman–Crippen LogP) is 7.01. The standard InChI is InChI=1S/C24H25Br2NO3/c1-15-8-6-7-9-18(15)24(13-12-16(2)25)19-11-10-17(26)14-20(19)27(21(24)28)22(29)30-23(3,4)5/h6-11,14H,2,12-13H2,1,3-5H3. The van der Waals surface area contributed by atoms with Crippen molar-refractivity contribution >= 4 is 49.5 Å². The number of carbonyl (C=O) groups excluding carboxylic acids is 2. The van der Waals surface area contributed by atoms with Crippen LogP contribution in [0.25, 0.3) is 0 Å². The van der Waals surface area contributed by atoms with Gasteiger partial charge in [0.15, 0.2) is 0 Å². The molecule has 0 N–H and O–H groups in total. The van der Waals surface area contributed by atoms with E-state index in [1.807, 2.05) is 43.3 Å². The number of amides is 2. The van der Waals surface area contributed by atoms with E-state index in [9.17, 15) is 9.59 Å². The summed E-state index contributed by atoms with van der Waals surface area (Å²) in [5, 5.41) is 0. The van der Waals surface area contributed by atoms with Gasteiger partial charge in [-0.1, -0.05) is 68.8 Å². The van der Waals surface area contributed by atoms with Crippen LogP contribution >= 0.6 is 31.9 Å². The van der Waals surface area contributed by atoms with Gasteiger partial charge >= 0.3 is 6.09 Å². The van der Waals surface area contributed by atoms with E-state index in [-0.39, 0.29) is 5.91 Å². The SMILES string of the molecule is C=C(Br)CCC1(c2ccccc2C)C(=O)N(C(=O)OC(C)(C)C)c2cc(Br)ccc21. The number of fused-ring (bicyclic) bond motifs is 1. The van der Waals surface area contributed by atoms with Crippen LogP contribution in [0.5, 0.6) is 0 Å². The summed E-state index contributed by atoms with van der Waals surface area (Å²) in [4.78, 5) is 28.4. The Morgan fingerprint density at radius 2 is 1.83 bits per heavy atom. The van der Waals surface area contributed by atoms with Gasteiger partial charge in [-0.05, 0) is 73.8 Å². The van der Waals surface area contributed by atoms with Gasteiger partial charge < -0.3 is 4.74 Å². The molecule has 1 heterocycles. The average molecular weight is 535 g/mol. The van der Waals surface area contributed by atoms with Gasteiger partial charge in [0, 0.05) is 4.47 Å². The number of nitrogens with zero attached hydrogens (tertiary/aromatic N) is 1. The first-order valence-corrected chi connectivity index (χ1v) is 11.3. The molecule has 0 aromatic heterocycles. The molecule has 2 amide bonds. The zero-order valence-corrected chi connectivity index (χ0v) is 20.8. The zero-order chi connectivity index (χ0) is 22.3. The molecule has 4 nitrogen and oxygen atoms in total. The van der Waals surface area contributed by atoms with E-state index >= 15 is 0 Å². The van der Waals surface area contributed by atoms with Gasteiger partial charge in [-0.15, -0.1) is 0 Å². The maximum absolute atomic E-state index is 14.1. The first kappa shape index (κ1) is 22.8. The molecular formula is C24H25Br2NO3. The van der Waals surface area contributed by atoms with Crippen LogP contribution in [0.1, 0.15) is 50.3 Å². The molecule has 0 aliphatic carbocycles. The van der Waals surface area contributed by atoms with Crippen molar-refractivity contribution in [2.24, 2.45) is 0 Å². The lowest BCUT2D eigenvalue weighted by molar-refractivity contribution is -0.121. The fourth-order valence-corrected chi connectivity index (χ4v) is 4.51. The second kappa shape index (κ2) is 8.31. The van der Waals surface area contributed by atoms with Crippen LogP contribution < -0.4 is 4.90 Å². The second-order valence-corrected chi connectivity index (χ2v) is 10.6. The largest absolute Gasteiger partial charge is 0.443 e. The molecule has 0 fully saturated rings. The molecule has 0 saturated heterocycles. The van der Waals surface area contributed by atoms with Gasteiger partial charge in [0.25, 0.3) is 5.91 Å². The third-order valence-corrected chi connectivity index (χ3v) is 6.07. The van der Waals surface area contributed by atoms with E-state index < -0.39 is 17.1 Å². The lowest BCUT2D eigenvalue weighted by Crippen LogP contribution is -2.46. The topological polar surface area (TPSA) is 46.6 Å². The predicted molar refractivity (Wildman–Crippen MR) is 127 cm³/mol. The molecule has 30 heavy (non-hydrogen) atoms.